The van der Waals surface area contributed by atoms with Gasteiger partial charge in [0.15, 0.2) is 0 Å². The van der Waals surface area contributed by atoms with Crippen LogP contribution >= 0.6 is 0 Å². The number of anilines is 2. The number of nitrogens with one attached hydrogen (secondary N) is 3. The van der Waals surface area contributed by atoms with Gasteiger partial charge < -0.3 is 10.6 Å². The van der Waals surface area contributed by atoms with Gasteiger partial charge in [0.1, 0.15) is 5.82 Å². The zero-order chi connectivity index (χ0) is 13.2. The lowest BCUT2D eigenvalue weighted by Gasteiger charge is -2.16. The van der Waals surface area contributed by atoms with Crippen LogP contribution in [0.5, 0.6) is 0 Å². The first-order valence-electron chi connectivity index (χ1n) is 6.08. The van der Waals surface area contributed by atoms with Gasteiger partial charge in [-0.15, -0.1) is 0 Å². The third-order valence-corrected chi connectivity index (χ3v) is 3.07. The maximum Gasteiger partial charge on any atom is 0.257 e. The average Bonchev–Trinajstić information content (AvgIpc) is 2.42. The molecule has 1 aliphatic rings. The molecule has 0 aliphatic carbocycles. The third-order valence-electron chi connectivity index (χ3n) is 3.07. The number of para-hydroxylation sites is 1. The molecule has 3 rings (SSSR count). The minimum Gasteiger partial charge on any atom is -0.323 e. The van der Waals surface area contributed by atoms with E-state index in [0.717, 1.165) is 12.2 Å². The van der Waals surface area contributed by atoms with Gasteiger partial charge in [-0.1, -0.05) is 12.1 Å². The highest BCUT2D eigenvalue weighted by Crippen LogP contribution is 2.17. The summed E-state index contributed by atoms with van der Waals surface area (Å²) in [4.78, 5) is 18.9. The zero-order valence-electron chi connectivity index (χ0n) is 10.2. The summed E-state index contributed by atoms with van der Waals surface area (Å²) in [6, 6.07) is 6.26. The number of rotatable bonds is 2. The topological polar surface area (TPSA) is 69.8 Å². The molecule has 1 aromatic carbocycles. The van der Waals surface area contributed by atoms with Crippen LogP contribution in [0.2, 0.25) is 0 Å². The van der Waals surface area contributed by atoms with Crippen molar-refractivity contribution in [3.8, 4) is 0 Å². The molecule has 0 saturated heterocycles. The lowest BCUT2D eigenvalue weighted by atomic mass is 10.1. The minimum atomic E-state index is -0.385. The summed E-state index contributed by atoms with van der Waals surface area (Å²) in [6.07, 6.45) is 0.700. The summed E-state index contributed by atoms with van der Waals surface area (Å²) < 4.78 is 13.5. The molecule has 98 valence electrons. The molecule has 0 fully saturated rings. The predicted molar refractivity (Wildman–Crippen MR) is 70.0 cm³/mol. The predicted octanol–water partition coefficient (Wildman–Crippen LogP) is 1.30. The molecule has 0 bridgehead atoms. The van der Waals surface area contributed by atoms with Gasteiger partial charge in [0.05, 0.1) is 16.9 Å². The van der Waals surface area contributed by atoms with Crippen LogP contribution in [0.1, 0.15) is 11.3 Å². The van der Waals surface area contributed by atoms with Gasteiger partial charge in [-0.3, -0.25) is 9.78 Å². The molecule has 2 aromatic rings. The van der Waals surface area contributed by atoms with Crippen molar-refractivity contribution < 1.29 is 4.39 Å². The molecule has 0 amide bonds. The molecule has 6 heteroatoms. The number of hydrogen-bond acceptors (Lipinski definition) is 4. The van der Waals surface area contributed by atoms with Crippen LogP contribution in [-0.2, 0) is 13.0 Å². The van der Waals surface area contributed by atoms with Gasteiger partial charge in [0.25, 0.3) is 5.56 Å². The molecule has 0 spiro atoms. The summed E-state index contributed by atoms with van der Waals surface area (Å²) in [7, 11) is 0. The first kappa shape index (κ1) is 11.9. The Morgan fingerprint density at radius 1 is 1.32 bits per heavy atom. The summed E-state index contributed by atoms with van der Waals surface area (Å²) in [6.45, 7) is 1.32. The van der Waals surface area contributed by atoms with Crippen LogP contribution in [0, 0.1) is 5.82 Å². The average molecular weight is 260 g/mol. The first-order chi connectivity index (χ1) is 9.24. The molecular formula is C13H13FN4O. The Morgan fingerprint density at radius 2 is 2.16 bits per heavy atom. The van der Waals surface area contributed by atoms with Crippen molar-refractivity contribution in [2.45, 2.75) is 13.0 Å². The zero-order valence-corrected chi connectivity index (χ0v) is 10.2. The van der Waals surface area contributed by atoms with E-state index in [-0.39, 0.29) is 17.3 Å². The largest absolute Gasteiger partial charge is 0.323 e. The Labute approximate surface area is 108 Å². The smallest absolute Gasteiger partial charge is 0.257 e. The van der Waals surface area contributed by atoms with Crippen molar-refractivity contribution in [1.82, 2.24) is 15.3 Å². The maximum atomic E-state index is 13.5. The van der Waals surface area contributed by atoms with Crippen LogP contribution < -0.4 is 16.2 Å². The van der Waals surface area contributed by atoms with E-state index in [2.05, 4.69) is 20.6 Å². The second kappa shape index (κ2) is 4.81. The highest BCUT2D eigenvalue weighted by atomic mass is 19.1. The minimum absolute atomic E-state index is 0.184. The van der Waals surface area contributed by atoms with Gasteiger partial charge in [-0.25, -0.2) is 9.37 Å². The van der Waals surface area contributed by atoms with E-state index >= 15 is 0 Å². The molecule has 0 radical (unpaired) electrons. The monoisotopic (exact) mass is 260 g/mol. The number of halogens is 1. The van der Waals surface area contributed by atoms with Crippen LogP contribution in [0.3, 0.4) is 0 Å². The second-order valence-electron chi connectivity index (χ2n) is 4.37. The van der Waals surface area contributed by atoms with Crippen LogP contribution in [0.15, 0.2) is 29.1 Å². The Hall–Kier alpha value is -2.21. The Kier molecular flexibility index (Phi) is 3.00. The number of aromatic nitrogens is 2. The van der Waals surface area contributed by atoms with Crippen molar-refractivity contribution >= 4 is 11.6 Å². The number of aromatic amines is 1. The lowest BCUT2D eigenvalue weighted by molar-refractivity contribution is 0.620. The Morgan fingerprint density at radius 3 is 3.00 bits per heavy atom. The molecule has 0 atom stereocenters. The van der Waals surface area contributed by atoms with E-state index in [1.807, 2.05) is 0 Å². The van der Waals surface area contributed by atoms with Crippen LogP contribution in [0.25, 0.3) is 0 Å². The molecule has 0 unspecified atom stereocenters. The normalized spacial score (nSPS) is 13.9. The van der Waals surface area contributed by atoms with Crippen molar-refractivity contribution in [1.29, 1.82) is 0 Å². The van der Waals surface area contributed by atoms with Gasteiger partial charge in [-0.05, 0) is 12.1 Å². The first-order valence-corrected chi connectivity index (χ1v) is 6.08. The highest BCUT2D eigenvalue weighted by molar-refractivity contribution is 5.54. The summed E-state index contributed by atoms with van der Waals surface area (Å²) in [5.41, 5.74) is 1.53. The van der Waals surface area contributed by atoms with Gasteiger partial charge >= 0.3 is 0 Å². The molecule has 19 heavy (non-hydrogen) atoms. The molecule has 3 N–H and O–H groups in total. The van der Waals surface area contributed by atoms with Gasteiger partial charge in [0.2, 0.25) is 5.95 Å². The maximum absolute atomic E-state index is 13.5. The number of H-pyrrole nitrogens is 1. The van der Waals surface area contributed by atoms with Crippen LogP contribution in [-0.4, -0.2) is 16.5 Å². The number of fused-ring (bicyclic) bond motifs is 1. The van der Waals surface area contributed by atoms with Crippen molar-refractivity contribution in [3.05, 3.63) is 51.7 Å². The van der Waals surface area contributed by atoms with Crippen LogP contribution in [0.4, 0.5) is 16.0 Å². The molecular weight excluding hydrogens is 247 g/mol. The van der Waals surface area contributed by atoms with E-state index in [1.165, 1.54) is 6.07 Å². The van der Waals surface area contributed by atoms with Gasteiger partial charge in [-0.2, -0.15) is 0 Å². The molecule has 2 heterocycles. The highest BCUT2D eigenvalue weighted by Gasteiger charge is 2.15. The fraction of sp³-hybridized carbons (Fsp3) is 0.231. The van der Waals surface area contributed by atoms with Crippen molar-refractivity contribution in [2.75, 3.05) is 11.9 Å². The van der Waals surface area contributed by atoms with Crippen molar-refractivity contribution in [3.63, 3.8) is 0 Å². The molecule has 0 saturated carbocycles. The number of benzene rings is 1. The summed E-state index contributed by atoms with van der Waals surface area (Å²) in [5, 5.41) is 5.92. The fourth-order valence-electron chi connectivity index (χ4n) is 2.10. The lowest BCUT2D eigenvalue weighted by Crippen LogP contribution is -2.31. The number of nitrogens with zero attached hydrogens (tertiary/aromatic N) is 1. The summed E-state index contributed by atoms with van der Waals surface area (Å²) >= 11 is 0. The third kappa shape index (κ3) is 2.34. The molecule has 1 aromatic heterocycles. The summed E-state index contributed by atoms with van der Waals surface area (Å²) in [5.74, 6) is -0.111. The SMILES string of the molecule is O=c1[nH]c(Nc2ccccc2F)nc2c1CNCC2. The van der Waals surface area contributed by atoms with Gasteiger partial charge in [0, 0.05) is 19.5 Å². The quantitative estimate of drug-likeness (QED) is 0.761. The Balaban J connectivity index is 1.96. The van der Waals surface area contributed by atoms with E-state index in [1.54, 1.807) is 18.2 Å². The standard InChI is InChI=1S/C13H13FN4O/c14-9-3-1-2-4-11(9)17-13-16-10-5-6-15-7-8(10)12(19)18-13/h1-4,15H,5-7H2,(H2,16,17,18,19). The van der Waals surface area contributed by atoms with E-state index in [0.29, 0.717) is 24.2 Å². The Bertz CT molecular complexity index is 668. The molecule has 5 nitrogen and oxygen atoms in total. The van der Waals surface area contributed by atoms with E-state index in [4.69, 9.17) is 0 Å². The van der Waals surface area contributed by atoms with Crippen molar-refractivity contribution in [2.24, 2.45) is 0 Å². The fourth-order valence-corrected chi connectivity index (χ4v) is 2.10. The van der Waals surface area contributed by atoms with E-state index < -0.39 is 0 Å². The molecule has 1 aliphatic heterocycles. The number of hydrogen-bond donors (Lipinski definition) is 3. The van der Waals surface area contributed by atoms with E-state index in [9.17, 15) is 9.18 Å². The second-order valence-corrected chi connectivity index (χ2v) is 4.37.